The number of carbonyl (C=O) groups is 1. The largest absolute Gasteiger partial charge is 0.387 e. The topological polar surface area (TPSA) is 63.1 Å². The molecule has 1 atom stereocenters. The summed E-state index contributed by atoms with van der Waals surface area (Å²) in [4.78, 5) is 21.8. The summed E-state index contributed by atoms with van der Waals surface area (Å²) in [7, 11) is 0. The number of halogens is 2. The Balaban J connectivity index is 1.47. The second-order valence-electron chi connectivity index (χ2n) is 8.85. The van der Waals surface area contributed by atoms with E-state index in [2.05, 4.69) is 29.0 Å². The van der Waals surface area contributed by atoms with Gasteiger partial charge in [0.15, 0.2) is 0 Å². The summed E-state index contributed by atoms with van der Waals surface area (Å²) in [5.74, 6) is -3.35. The number of nitrogens with zero attached hydrogens (tertiary/aromatic N) is 2. The average molecular weight is 487 g/mol. The van der Waals surface area contributed by atoms with Gasteiger partial charge in [-0.3, -0.25) is 14.8 Å². The van der Waals surface area contributed by atoms with Crippen LogP contribution in [0, 0.1) is 0 Å². The molecule has 6 heteroatoms. The summed E-state index contributed by atoms with van der Waals surface area (Å²) in [5, 5.41) is 9.29. The summed E-state index contributed by atoms with van der Waals surface area (Å²) in [5.41, 5.74) is 6.02. The number of aryl methyl sites for hydroxylation is 1. The van der Waals surface area contributed by atoms with Crippen molar-refractivity contribution in [2.24, 2.45) is 0 Å². The third-order valence-electron chi connectivity index (χ3n) is 6.25. The molecule has 0 saturated carbocycles. The van der Waals surface area contributed by atoms with Crippen molar-refractivity contribution in [3.05, 3.63) is 107 Å². The molecule has 1 N–H and O–H groups in total. The molecule has 0 unspecified atom stereocenters. The average Bonchev–Trinajstić information content (AvgIpc) is 2.89. The minimum Gasteiger partial charge on any atom is -0.387 e. The fourth-order valence-electron chi connectivity index (χ4n) is 4.19. The van der Waals surface area contributed by atoms with E-state index in [1.54, 1.807) is 12.4 Å². The highest BCUT2D eigenvalue weighted by Gasteiger charge is 2.37. The van der Waals surface area contributed by atoms with Gasteiger partial charge in [0.2, 0.25) is 0 Å². The van der Waals surface area contributed by atoms with E-state index in [0.29, 0.717) is 5.56 Å². The van der Waals surface area contributed by atoms with Gasteiger partial charge in [0.05, 0.1) is 11.4 Å². The molecule has 0 radical (unpaired) electrons. The number of carbonyl (C=O) groups excluding carboxylic acids is 1. The summed E-state index contributed by atoms with van der Waals surface area (Å²) in [6.07, 6.45) is 2.84. The Labute approximate surface area is 209 Å². The zero-order chi connectivity index (χ0) is 25.7. The number of aromatic nitrogens is 2. The van der Waals surface area contributed by atoms with Crippen LogP contribution in [0.4, 0.5) is 8.78 Å². The Morgan fingerprint density at radius 3 is 2.00 bits per heavy atom. The van der Waals surface area contributed by atoms with Crippen LogP contribution in [0.2, 0.25) is 0 Å². The maximum absolute atomic E-state index is 13.9. The predicted molar refractivity (Wildman–Crippen MR) is 137 cm³/mol. The molecule has 184 valence electrons. The van der Waals surface area contributed by atoms with E-state index in [1.165, 1.54) is 29.8 Å². The second kappa shape index (κ2) is 10.9. The third kappa shape index (κ3) is 5.55. The van der Waals surface area contributed by atoms with Crippen molar-refractivity contribution in [1.82, 2.24) is 9.97 Å². The van der Waals surface area contributed by atoms with E-state index in [4.69, 9.17) is 0 Å². The Morgan fingerprint density at radius 1 is 0.861 bits per heavy atom. The van der Waals surface area contributed by atoms with Crippen LogP contribution in [0.5, 0.6) is 0 Å². The maximum atomic E-state index is 13.9. The van der Waals surface area contributed by atoms with Crippen LogP contribution in [0.3, 0.4) is 0 Å². The lowest BCUT2D eigenvalue weighted by molar-refractivity contribution is -0.117. The Kier molecular flexibility index (Phi) is 7.65. The first-order valence-electron chi connectivity index (χ1n) is 11.9. The molecule has 1 aromatic heterocycles. The molecule has 0 aliphatic heterocycles. The normalized spacial score (nSPS) is 12.4. The van der Waals surface area contributed by atoms with Crippen LogP contribution in [0.25, 0.3) is 22.5 Å². The number of hydrogen-bond acceptors (Lipinski definition) is 4. The molecule has 0 aliphatic carbocycles. The van der Waals surface area contributed by atoms with Gasteiger partial charge >= 0.3 is 0 Å². The summed E-state index contributed by atoms with van der Waals surface area (Å²) >= 11 is 0. The zero-order valence-electron chi connectivity index (χ0n) is 20.3. The van der Waals surface area contributed by atoms with Crippen LogP contribution in [-0.2, 0) is 30.0 Å². The van der Waals surface area contributed by atoms with Crippen molar-refractivity contribution in [3.63, 3.8) is 0 Å². The van der Waals surface area contributed by atoms with Gasteiger partial charge in [-0.2, -0.15) is 8.78 Å². The lowest BCUT2D eigenvalue weighted by Gasteiger charge is -2.19. The molecule has 1 heterocycles. The van der Waals surface area contributed by atoms with Crippen molar-refractivity contribution >= 4 is 5.78 Å². The van der Waals surface area contributed by atoms with Gasteiger partial charge < -0.3 is 5.11 Å². The highest BCUT2D eigenvalue weighted by Crippen LogP contribution is 2.32. The Hall–Kier alpha value is -3.77. The van der Waals surface area contributed by atoms with Crippen molar-refractivity contribution < 1.29 is 18.7 Å². The monoisotopic (exact) mass is 486 g/mol. The van der Waals surface area contributed by atoms with Gasteiger partial charge in [-0.15, -0.1) is 0 Å². The Morgan fingerprint density at radius 2 is 1.42 bits per heavy atom. The third-order valence-corrected chi connectivity index (χ3v) is 6.25. The van der Waals surface area contributed by atoms with Crippen molar-refractivity contribution in [2.45, 2.75) is 45.1 Å². The van der Waals surface area contributed by atoms with Gasteiger partial charge in [-0.25, -0.2) is 0 Å². The molecule has 0 spiro atoms. The summed E-state index contributed by atoms with van der Waals surface area (Å²) in [6.45, 7) is 3.16. The van der Waals surface area contributed by atoms with Crippen molar-refractivity contribution in [1.29, 1.82) is 0 Å². The number of alkyl halides is 2. The second-order valence-corrected chi connectivity index (χ2v) is 8.85. The first-order chi connectivity index (χ1) is 17.3. The summed E-state index contributed by atoms with van der Waals surface area (Å²) < 4.78 is 27.9. The Bertz CT molecular complexity index is 1330. The van der Waals surface area contributed by atoms with Gasteiger partial charge in [0.1, 0.15) is 11.9 Å². The summed E-state index contributed by atoms with van der Waals surface area (Å²) in [6, 6.07) is 21.4. The molecule has 4 nitrogen and oxygen atoms in total. The predicted octanol–water partition coefficient (Wildman–Crippen LogP) is 6.20. The molecule has 36 heavy (non-hydrogen) atoms. The van der Waals surface area contributed by atoms with Gasteiger partial charge in [0, 0.05) is 41.9 Å². The quantitative estimate of drug-likeness (QED) is 0.306. The number of ketones is 1. The molecule has 0 bridgehead atoms. The van der Waals surface area contributed by atoms with E-state index in [1.807, 2.05) is 36.4 Å². The highest BCUT2D eigenvalue weighted by atomic mass is 19.3. The highest BCUT2D eigenvalue weighted by molar-refractivity contribution is 5.84. The van der Waals surface area contributed by atoms with E-state index in [0.717, 1.165) is 41.4 Å². The van der Waals surface area contributed by atoms with E-state index in [9.17, 15) is 18.7 Å². The van der Waals surface area contributed by atoms with Crippen molar-refractivity contribution in [2.75, 3.05) is 0 Å². The lowest BCUT2D eigenvalue weighted by Crippen LogP contribution is -2.27. The van der Waals surface area contributed by atoms with Gasteiger partial charge in [-0.05, 0) is 30.0 Å². The molecule has 0 amide bonds. The molecule has 0 aliphatic rings. The maximum Gasteiger partial charge on any atom is 0.298 e. The SMILES string of the molecule is CCc1ccccc1-c1nccnc1-c1ccc(CC(=O)Cc2ccc(C(F)(F)[C@@H](C)O)cc2)cc1. The molecular formula is C30H28F2N2O2. The molecule has 4 aromatic rings. The zero-order valence-corrected chi connectivity index (χ0v) is 20.3. The molecular weight excluding hydrogens is 458 g/mol. The first-order valence-corrected chi connectivity index (χ1v) is 11.9. The number of hydrogen-bond donors (Lipinski definition) is 1. The number of benzene rings is 3. The molecule has 0 saturated heterocycles. The van der Waals surface area contributed by atoms with Crippen LogP contribution in [0.15, 0.2) is 85.2 Å². The number of aliphatic hydroxyl groups excluding tert-OH is 1. The number of rotatable bonds is 9. The molecule has 0 fully saturated rings. The number of Topliss-reactive ketones (excluding diaryl/α,β-unsaturated/α-hetero) is 1. The van der Waals surface area contributed by atoms with E-state index < -0.39 is 12.0 Å². The van der Waals surface area contributed by atoms with Crippen LogP contribution in [0.1, 0.15) is 36.1 Å². The standard InChI is InChI=1S/C30H28F2N2O2/c1-3-23-6-4-5-7-27(23)29-28(33-16-17-34-29)24-12-8-21(9-13-24)18-26(36)19-22-10-14-25(15-11-22)30(31,32)20(2)35/h4-17,20,35H,3,18-19H2,1-2H3/t20-/m1/s1. The number of aliphatic hydroxyl groups is 1. The lowest BCUT2D eigenvalue weighted by atomic mass is 9.96. The van der Waals surface area contributed by atoms with Crippen LogP contribution in [-0.4, -0.2) is 27.0 Å². The van der Waals surface area contributed by atoms with E-state index >= 15 is 0 Å². The van der Waals surface area contributed by atoms with Crippen LogP contribution < -0.4 is 0 Å². The first kappa shape index (κ1) is 25.3. The minimum atomic E-state index is -3.33. The van der Waals surface area contributed by atoms with Crippen molar-refractivity contribution in [3.8, 4) is 22.5 Å². The van der Waals surface area contributed by atoms with Gasteiger partial charge in [0.25, 0.3) is 5.92 Å². The van der Waals surface area contributed by atoms with Crippen LogP contribution >= 0.6 is 0 Å². The molecule has 3 aromatic carbocycles. The minimum absolute atomic E-state index is 0.0187. The smallest absolute Gasteiger partial charge is 0.298 e. The molecule has 4 rings (SSSR count). The fourth-order valence-corrected chi connectivity index (χ4v) is 4.19. The van der Waals surface area contributed by atoms with E-state index in [-0.39, 0.29) is 24.2 Å². The fraction of sp³-hybridized carbons (Fsp3) is 0.233. The van der Waals surface area contributed by atoms with Gasteiger partial charge in [-0.1, -0.05) is 79.7 Å².